The molecule has 0 spiro atoms. The lowest BCUT2D eigenvalue weighted by Crippen LogP contribution is -2.18. The summed E-state index contributed by atoms with van der Waals surface area (Å²) in [5, 5.41) is 0.971. The largest absolute Gasteiger partial charge is 0.318 e. The van der Waals surface area contributed by atoms with Crippen LogP contribution in [0.1, 0.15) is 18.5 Å². The summed E-state index contributed by atoms with van der Waals surface area (Å²) in [4.78, 5) is 11.0. The van der Waals surface area contributed by atoms with Crippen LogP contribution in [0.5, 0.6) is 0 Å². The summed E-state index contributed by atoms with van der Waals surface area (Å²) in [6, 6.07) is 4.23. The van der Waals surface area contributed by atoms with E-state index in [0.29, 0.717) is 15.6 Å². The van der Waals surface area contributed by atoms with E-state index < -0.39 is 6.04 Å². The van der Waals surface area contributed by atoms with E-state index in [1.807, 2.05) is 0 Å². The Labute approximate surface area is 86.6 Å². The summed E-state index contributed by atoms with van der Waals surface area (Å²) in [5.74, 6) is -0.113. The van der Waals surface area contributed by atoms with Gasteiger partial charge in [0.05, 0.1) is 6.04 Å². The van der Waals surface area contributed by atoms with Gasteiger partial charge in [0, 0.05) is 10.0 Å². The van der Waals surface area contributed by atoms with Gasteiger partial charge in [-0.05, 0) is 30.7 Å². The zero-order valence-corrected chi connectivity index (χ0v) is 8.56. The normalized spacial score (nSPS) is 12.6. The summed E-state index contributed by atoms with van der Waals surface area (Å²) < 4.78 is 0. The summed E-state index contributed by atoms with van der Waals surface area (Å²) in [5.41, 5.74) is 6.25. The van der Waals surface area contributed by atoms with E-state index in [1.165, 1.54) is 6.92 Å². The molecule has 0 aliphatic heterocycles. The fourth-order valence-corrected chi connectivity index (χ4v) is 1.53. The molecule has 70 valence electrons. The second-order valence-electron chi connectivity index (χ2n) is 2.79. The Morgan fingerprint density at radius 3 is 2.15 bits per heavy atom. The molecule has 0 aliphatic rings. The second-order valence-corrected chi connectivity index (χ2v) is 3.66. The highest BCUT2D eigenvalue weighted by molar-refractivity contribution is 6.34. The van der Waals surface area contributed by atoms with Gasteiger partial charge in [-0.2, -0.15) is 0 Å². The average molecular weight is 218 g/mol. The minimum atomic E-state index is -0.642. The molecule has 1 atom stereocenters. The molecule has 0 heterocycles. The Hall–Kier alpha value is -0.570. The maximum atomic E-state index is 11.0. The third kappa shape index (κ3) is 2.69. The Morgan fingerprint density at radius 2 is 1.77 bits per heavy atom. The van der Waals surface area contributed by atoms with E-state index in [2.05, 4.69) is 0 Å². The number of benzene rings is 1. The predicted molar refractivity (Wildman–Crippen MR) is 54.1 cm³/mol. The number of carbonyl (C=O) groups is 1. The minimum Gasteiger partial charge on any atom is -0.318 e. The first kappa shape index (κ1) is 10.5. The van der Waals surface area contributed by atoms with Crippen molar-refractivity contribution in [1.29, 1.82) is 0 Å². The van der Waals surface area contributed by atoms with Crippen LogP contribution in [0.3, 0.4) is 0 Å². The maximum Gasteiger partial charge on any atom is 0.150 e. The van der Waals surface area contributed by atoms with Crippen LogP contribution >= 0.6 is 23.2 Å². The van der Waals surface area contributed by atoms with Crippen LogP contribution in [0.4, 0.5) is 0 Å². The standard InChI is InChI=1S/C9H9Cl2NO/c1-5(13)9(12)6-2-7(10)4-8(11)3-6/h2-4,9H,12H2,1H3. The summed E-state index contributed by atoms with van der Waals surface area (Å²) in [7, 11) is 0. The molecule has 4 heteroatoms. The van der Waals surface area contributed by atoms with Gasteiger partial charge in [0.2, 0.25) is 0 Å². The molecule has 1 aromatic carbocycles. The molecule has 2 N–H and O–H groups in total. The molecule has 1 unspecified atom stereocenters. The van der Waals surface area contributed by atoms with Crippen LogP contribution in [-0.2, 0) is 4.79 Å². The molecule has 0 saturated heterocycles. The highest BCUT2D eigenvalue weighted by atomic mass is 35.5. The fraction of sp³-hybridized carbons (Fsp3) is 0.222. The van der Waals surface area contributed by atoms with Crippen molar-refractivity contribution in [2.75, 3.05) is 0 Å². The van der Waals surface area contributed by atoms with Crippen LogP contribution in [0.2, 0.25) is 10.0 Å². The minimum absolute atomic E-state index is 0.113. The first-order valence-electron chi connectivity index (χ1n) is 3.72. The first-order chi connectivity index (χ1) is 6.00. The molecule has 2 nitrogen and oxygen atoms in total. The van der Waals surface area contributed by atoms with Gasteiger partial charge in [-0.1, -0.05) is 23.2 Å². The fourth-order valence-electron chi connectivity index (χ4n) is 0.989. The summed E-state index contributed by atoms with van der Waals surface area (Å²) in [6.45, 7) is 1.43. The van der Waals surface area contributed by atoms with E-state index in [4.69, 9.17) is 28.9 Å². The van der Waals surface area contributed by atoms with Crippen molar-refractivity contribution in [3.05, 3.63) is 33.8 Å². The van der Waals surface area contributed by atoms with Gasteiger partial charge in [-0.3, -0.25) is 4.79 Å². The highest BCUT2D eigenvalue weighted by Gasteiger charge is 2.11. The average Bonchev–Trinajstić information content (AvgIpc) is 2.01. The van der Waals surface area contributed by atoms with Crippen molar-refractivity contribution >= 4 is 29.0 Å². The topological polar surface area (TPSA) is 43.1 Å². The van der Waals surface area contributed by atoms with Gasteiger partial charge < -0.3 is 5.73 Å². The molecule has 0 aliphatic carbocycles. The Kier molecular flexibility index (Phi) is 3.31. The molecule has 0 amide bonds. The van der Waals surface area contributed by atoms with Gasteiger partial charge in [-0.15, -0.1) is 0 Å². The van der Waals surface area contributed by atoms with Crippen molar-refractivity contribution in [1.82, 2.24) is 0 Å². The molecule has 1 aromatic rings. The molecule has 0 bridgehead atoms. The number of hydrogen-bond acceptors (Lipinski definition) is 2. The van der Waals surface area contributed by atoms with E-state index in [1.54, 1.807) is 18.2 Å². The number of nitrogens with two attached hydrogens (primary N) is 1. The van der Waals surface area contributed by atoms with Gasteiger partial charge in [0.25, 0.3) is 0 Å². The van der Waals surface area contributed by atoms with E-state index in [9.17, 15) is 4.79 Å². The molecule has 13 heavy (non-hydrogen) atoms. The monoisotopic (exact) mass is 217 g/mol. The van der Waals surface area contributed by atoms with Crippen molar-refractivity contribution in [2.45, 2.75) is 13.0 Å². The van der Waals surface area contributed by atoms with E-state index >= 15 is 0 Å². The molecule has 0 aromatic heterocycles. The van der Waals surface area contributed by atoms with Crippen LogP contribution in [0.25, 0.3) is 0 Å². The zero-order valence-electron chi connectivity index (χ0n) is 7.05. The predicted octanol–water partition coefficient (Wildman–Crippen LogP) is 2.58. The van der Waals surface area contributed by atoms with Gasteiger partial charge in [0.15, 0.2) is 5.78 Å². The lowest BCUT2D eigenvalue weighted by Gasteiger charge is -2.08. The molecule has 0 fully saturated rings. The van der Waals surface area contributed by atoms with Gasteiger partial charge >= 0.3 is 0 Å². The van der Waals surface area contributed by atoms with Crippen LogP contribution in [-0.4, -0.2) is 5.78 Å². The zero-order chi connectivity index (χ0) is 10.0. The van der Waals surface area contributed by atoms with Crippen LogP contribution < -0.4 is 5.73 Å². The smallest absolute Gasteiger partial charge is 0.150 e. The van der Waals surface area contributed by atoms with Crippen molar-refractivity contribution < 1.29 is 4.79 Å². The third-order valence-corrected chi connectivity index (χ3v) is 2.12. The number of Topliss-reactive ketones (excluding diaryl/α,β-unsaturated/α-hetero) is 1. The molecule has 0 saturated carbocycles. The van der Waals surface area contributed by atoms with Gasteiger partial charge in [-0.25, -0.2) is 0 Å². The lowest BCUT2D eigenvalue weighted by atomic mass is 10.1. The molecular weight excluding hydrogens is 209 g/mol. The molecular formula is C9H9Cl2NO. The number of carbonyl (C=O) groups excluding carboxylic acids is 1. The Balaban J connectivity index is 3.07. The Bertz CT molecular complexity index is 318. The number of hydrogen-bond donors (Lipinski definition) is 1. The van der Waals surface area contributed by atoms with Gasteiger partial charge in [0.1, 0.15) is 0 Å². The maximum absolute atomic E-state index is 11.0. The Morgan fingerprint density at radius 1 is 1.31 bits per heavy atom. The van der Waals surface area contributed by atoms with Crippen LogP contribution in [0.15, 0.2) is 18.2 Å². The first-order valence-corrected chi connectivity index (χ1v) is 4.48. The molecule has 0 radical (unpaired) electrons. The van der Waals surface area contributed by atoms with E-state index in [0.717, 1.165) is 0 Å². The summed E-state index contributed by atoms with van der Waals surface area (Å²) in [6.07, 6.45) is 0. The highest BCUT2D eigenvalue weighted by Crippen LogP contribution is 2.22. The third-order valence-electron chi connectivity index (χ3n) is 1.68. The van der Waals surface area contributed by atoms with Crippen molar-refractivity contribution in [3.8, 4) is 0 Å². The quantitative estimate of drug-likeness (QED) is 0.828. The molecule has 1 rings (SSSR count). The lowest BCUT2D eigenvalue weighted by molar-refractivity contribution is -0.118. The summed E-state index contributed by atoms with van der Waals surface area (Å²) >= 11 is 11.5. The van der Waals surface area contributed by atoms with E-state index in [-0.39, 0.29) is 5.78 Å². The SMILES string of the molecule is CC(=O)C(N)c1cc(Cl)cc(Cl)c1. The van der Waals surface area contributed by atoms with Crippen molar-refractivity contribution in [3.63, 3.8) is 0 Å². The number of rotatable bonds is 2. The van der Waals surface area contributed by atoms with Crippen LogP contribution in [0, 0.1) is 0 Å². The number of halogens is 2. The number of ketones is 1. The van der Waals surface area contributed by atoms with Crippen molar-refractivity contribution in [2.24, 2.45) is 5.73 Å². The second kappa shape index (κ2) is 4.09.